The number of nitrogens with one attached hydrogen (secondary N) is 3. The molecule has 1 amide bonds. The number of hydrogen-bond acceptors (Lipinski definition) is 10. The summed E-state index contributed by atoms with van der Waals surface area (Å²) < 4.78 is 75.3. The molecule has 1 fully saturated rings. The number of aryl methyl sites for hydroxylation is 1. The SMILES string of the molecule is CCC(CCCn1cc(B2OC(C)(C)C(C)(C)O2)cn1)(Cc1ccc(Nc2ncc(C(F)(F)F)c(Nc3ccc(Br)cc3C(=O)NC)n2)c(OC)c1)[P+](=O)O. The van der Waals surface area contributed by atoms with Crippen molar-refractivity contribution in [3.05, 3.63) is 76.2 Å². The van der Waals surface area contributed by atoms with Crippen molar-refractivity contribution in [1.29, 1.82) is 0 Å². The number of alkyl halides is 3. The number of amides is 1. The van der Waals surface area contributed by atoms with Gasteiger partial charge in [-0.3, -0.25) is 9.48 Å². The average Bonchev–Trinajstić information content (AvgIpc) is 3.68. The minimum Gasteiger partial charge on any atom is -0.495 e. The molecule has 3 heterocycles. The highest BCUT2D eigenvalue weighted by atomic mass is 79.9. The van der Waals surface area contributed by atoms with Crippen LogP contribution in [0.5, 0.6) is 5.75 Å². The monoisotopic (exact) mass is 848 g/mol. The minimum atomic E-state index is -4.81. The molecular formula is C36H44BBrF3N7O6P+. The Labute approximate surface area is 327 Å². The van der Waals surface area contributed by atoms with Gasteiger partial charge in [-0.2, -0.15) is 28.1 Å². The van der Waals surface area contributed by atoms with E-state index in [-0.39, 0.29) is 23.6 Å². The van der Waals surface area contributed by atoms with E-state index in [1.807, 2.05) is 40.8 Å². The number of carbonyl (C=O) groups excluding carboxylic acids is 1. The molecule has 2 aromatic carbocycles. The van der Waals surface area contributed by atoms with Crippen LogP contribution in [0.15, 0.2) is 59.5 Å². The Hall–Kier alpha value is -4.09. The van der Waals surface area contributed by atoms with E-state index in [0.29, 0.717) is 47.9 Å². The van der Waals surface area contributed by atoms with Gasteiger partial charge in [-0.15, -0.1) is 0 Å². The molecule has 2 aromatic heterocycles. The topological polar surface area (TPSA) is 162 Å². The molecule has 0 saturated carbocycles. The van der Waals surface area contributed by atoms with E-state index in [0.717, 1.165) is 11.0 Å². The second kappa shape index (κ2) is 16.6. The van der Waals surface area contributed by atoms with E-state index < -0.39 is 55.0 Å². The predicted molar refractivity (Wildman–Crippen MR) is 208 cm³/mol. The third-order valence-electron chi connectivity index (χ3n) is 10.1. The Morgan fingerprint density at radius 1 is 1.07 bits per heavy atom. The zero-order valence-corrected chi connectivity index (χ0v) is 34.0. The predicted octanol–water partition coefficient (Wildman–Crippen LogP) is 7.52. The first kappa shape index (κ1) is 42.1. The largest absolute Gasteiger partial charge is 0.512 e. The minimum absolute atomic E-state index is 0.0941. The molecule has 2 unspecified atom stereocenters. The average molecular weight is 849 g/mol. The molecule has 1 saturated heterocycles. The number of anilines is 4. The van der Waals surface area contributed by atoms with Gasteiger partial charge in [-0.1, -0.05) is 28.9 Å². The van der Waals surface area contributed by atoms with E-state index in [4.69, 9.17) is 14.0 Å². The van der Waals surface area contributed by atoms with Crippen LogP contribution in [0.2, 0.25) is 0 Å². The van der Waals surface area contributed by atoms with Gasteiger partial charge in [0.05, 0.1) is 35.3 Å². The van der Waals surface area contributed by atoms with Crippen molar-refractivity contribution in [2.75, 3.05) is 24.8 Å². The summed E-state index contributed by atoms with van der Waals surface area (Å²) in [6.45, 7) is 10.3. The first-order valence-electron chi connectivity index (χ1n) is 17.5. The van der Waals surface area contributed by atoms with Crippen LogP contribution in [0.25, 0.3) is 0 Å². The maximum Gasteiger partial charge on any atom is 0.512 e. The zero-order valence-electron chi connectivity index (χ0n) is 31.5. The summed E-state index contributed by atoms with van der Waals surface area (Å²) in [6.07, 6.45) is 1.10. The van der Waals surface area contributed by atoms with Gasteiger partial charge in [0, 0.05) is 55.0 Å². The van der Waals surface area contributed by atoms with Crippen molar-refractivity contribution in [2.45, 2.75) is 89.4 Å². The van der Waals surface area contributed by atoms with Crippen molar-refractivity contribution >= 4 is 65.6 Å². The molecule has 294 valence electrons. The van der Waals surface area contributed by atoms with E-state index in [9.17, 15) is 27.4 Å². The standard InChI is InChI=1S/C36H43BBrF3N7O6P/c1-8-35(55(50)51,14-9-15-48-21-23(19-44-48)37-53-33(2,3)34(4,5)54-37)18-22-10-12-28(29(16-22)52-7)46-32-43-20-26(36(39,40)41)30(47-32)45-27-13-11-24(38)17-25(27)31(49)42-6/h10-13,16-17,19-21H,8-9,14-15,18H2,1-7H3,(H3-,42,43,45,46,47,49,50,51)/p+1. The van der Waals surface area contributed by atoms with Gasteiger partial charge >= 0.3 is 21.3 Å². The van der Waals surface area contributed by atoms with Crippen molar-refractivity contribution in [2.24, 2.45) is 0 Å². The second-order valence-corrected chi connectivity index (χ2v) is 16.7. The lowest BCUT2D eigenvalue weighted by molar-refractivity contribution is -0.137. The van der Waals surface area contributed by atoms with Crippen molar-refractivity contribution < 1.29 is 41.5 Å². The molecule has 2 atom stereocenters. The van der Waals surface area contributed by atoms with Gasteiger partial charge in [0.2, 0.25) is 11.1 Å². The molecule has 1 aliphatic rings. The molecule has 0 spiro atoms. The highest BCUT2D eigenvalue weighted by Crippen LogP contribution is 2.46. The fourth-order valence-electron chi connectivity index (χ4n) is 6.13. The maximum atomic E-state index is 14.1. The number of nitrogens with zero attached hydrogens (tertiary/aromatic N) is 4. The number of hydrogen-bond donors (Lipinski definition) is 4. The number of rotatable bonds is 15. The molecule has 4 N–H and O–H groups in total. The molecule has 4 aromatic rings. The first-order chi connectivity index (χ1) is 25.8. The molecular weight excluding hydrogens is 805 g/mol. The summed E-state index contributed by atoms with van der Waals surface area (Å²) in [4.78, 5) is 31.1. The molecule has 0 aliphatic carbocycles. The lowest BCUT2D eigenvalue weighted by Crippen LogP contribution is -2.41. The Morgan fingerprint density at radius 2 is 1.76 bits per heavy atom. The Kier molecular flexibility index (Phi) is 12.7. The van der Waals surface area contributed by atoms with Crippen LogP contribution in [0.3, 0.4) is 0 Å². The third-order valence-corrected chi connectivity index (χ3v) is 12.1. The lowest BCUT2D eigenvalue weighted by Gasteiger charge is -2.32. The fourth-order valence-corrected chi connectivity index (χ4v) is 7.43. The number of benzene rings is 2. The Morgan fingerprint density at radius 3 is 2.38 bits per heavy atom. The molecule has 19 heteroatoms. The summed E-state index contributed by atoms with van der Waals surface area (Å²) in [5, 5.41) is 11.6. The molecule has 55 heavy (non-hydrogen) atoms. The van der Waals surface area contributed by atoms with Crippen molar-refractivity contribution in [1.82, 2.24) is 25.1 Å². The molecule has 5 rings (SSSR count). The van der Waals surface area contributed by atoms with Gasteiger partial charge in [0.15, 0.2) is 0 Å². The van der Waals surface area contributed by atoms with Crippen LogP contribution >= 0.6 is 24.0 Å². The van der Waals surface area contributed by atoms with Gasteiger partial charge in [0.1, 0.15) is 17.1 Å². The van der Waals surface area contributed by atoms with Gasteiger partial charge < -0.3 is 30.0 Å². The van der Waals surface area contributed by atoms with Crippen LogP contribution < -0.4 is 26.2 Å². The van der Waals surface area contributed by atoms with Crippen LogP contribution in [0.1, 0.15) is 75.4 Å². The van der Waals surface area contributed by atoms with Gasteiger partial charge in [-0.05, 0) is 81.0 Å². The van der Waals surface area contributed by atoms with Crippen molar-refractivity contribution in [3.8, 4) is 5.75 Å². The highest BCUT2D eigenvalue weighted by molar-refractivity contribution is 9.10. The normalized spacial score (nSPS) is 16.4. The number of aromatic nitrogens is 4. The zero-order chi connectivity index (χ0) is 40.3. The Balaban J connectivity index is 1.31. The van der Waals surface area contributed by atoms with Crippen LogP contribution in [0, 0.1) is 0 Å². The maximum absolute atomic E-state index is 14.1. The molecule has 1 aliphatic heterocycles. The van der Waals surface area contributed by atoms with E-state index in [1.165, 1.54) is 26.3 Å². The van der Waals surface area contributed by atoms with Crippen molar-refractivity contribution in [3.63, 3.8) is 0 Å². The van der Waals surface area contributed by atoms with Crippen LogP contribution in [0.4, 0.5) is 36.3 Å². The highest BCUT2D eigenvalue weighted by Gasteiger charge is 2.52. The lowest BCUT2D eigenvalue weighted by atomic mass is 9.82. The smallest absolute Gasteiger partial charge is 0.495 e. The number of ether oxygens (including phenoxy) is 1. The molecule has 0 bridgehead atoms. The summed E-state index contributed by atoms with van der Waals surface area (Å²) in [7, 11) is -0.310. The van der Waals surface area contributed by atoms with Gasteiger partial charge in [-0.25, -0.2) is 4.98 Å². The summed E-state index contributed by atoms with van der Waals surface area (Å²) in [5.41, 5.74) is -0.0606. The Bertz CT molecular complexity index is 2040. The van der Waals surface area contributed by atoms with E-state index in [1.54, 1.807) is 35.1 Å². The van der Waals surface area contributed by atoms with Crippen LogP contribution in [-0.2, 0) is 33.0 Å². The number of methoxy groups -OCH3 is 1. The third kappa shape index (κ3) is 9.49. The number of halogens is 4. The van der Waals surface area contributed by atoms with Gasteiger partial charge in [0.25, 0.3) is 5.91 Å². The van der Waals surface area contributed by atoms with E-state index >= 15 is 0 Å². The fraction of sp³-hybridized carbons (Fsp3) is 0.444. The van der Waals surface area contributed by atoms with Crippen LogP contribution in [-0.4, -0.2) is 68.2 Å². The quantitative estimate of drug-likeness (QED) is 0.0692. The van der Waals surface area contributed by atoms with E-state index in [2.05, 4.69) is 46.9 Å². The summed E-state index contributed by atoms with van der Waals surface area (Å²) >= 11 is 3.28. The second-order valence-electron chi connectivity index (χ2n) is 14.3. The summed E-state index contributed by atoms with van der Waals surface area (Å²) in [5.74, 6) is -0.956. The number of carbonyl (C=O) groups is 1. The summed E-state index contributed by atoms with van der Waals surface area (Å²) in [6, 6.07) is 9.61. The first-order valence-corrected chi connectivity index (χ1v) is 19.5. The molecule has 0 radical (unpaired) electrons. The molecule has 13 nitrogen and oxygen atoms in total.